The van der Waals surface area contributed by atoms with Gasteiger partial charge >= 0.3 is 0 Å². The number of furan rings is 1. The predicted octanol–water partition coefficient (Wildman–Crippen LogP) is 2.71. The van der Waals surface area contributed by atoms with Gasteiger partial charge in [0.05, 0.1) is 12.5 Å². The van der Waals surface area contributed by atoms with Crippen LogP contribution in [0, 0.1) is 6.92 Å². The SMILES string of the molecule is Cc1ccc(C(CO)c2ccccc2)o1. The van der Waals surface area contributed by atoms with Crippen molar-refractivity contribution in [2.45, 2.75) is 12.8 Å². The van der Waals surface area contributed by atoms with Crippen LogP contribution in [0.1, 0.15) is 23.0 Å². The zero-order chi connectivity index (χ0) is 10.7. The molecule has 1 atom stereocenters. The standard InChI is InChI=1S/C13H14O2/c1-10-7-8-13(15-10)12(9-14)11-5-3-2-4-6-11/h2-8,12,14H,9H2,1H3. The Kier molecular flexibility index (Phi) is 2.88. The third-order valence-corrected chi connectivity index (χ3v) is 2.49. The van der Waals surface area contributed by atoms with Crippen molar-refractivity contribution in [3.05, 3.63) is 59.5 Å². The fourth-order valence-electron chi connectivity index (χ4n) is 1.69. The summed E-state index contributed by atoms with van der Waals surface area (Å²) >= 11 is 0. The van der Waals surface area contributed by atoms with Gasteiger partial charge in [-0.2, -0.15) is 0 Å². The summed E-state index contributed by atoms with van der Waals surface area (Å²) in [7, 11) is 0. The molecule has 78 valence electrons. The Morgan fingerprint density at radius 2 is 1.87 bits per heavy atom. The molecule has 0 bridgehead atoms. The van der Waals surface area contributed by atoms with E-state index in [4.69, 9.17) is 4.42 Å². The van der Waals surface area contributed by atoms with Crippen LogP contribution in [-0.2, 0) is 0 Å². The van der Waals surface area contributed by atoms with Gasteiger partial charge in [0.25, 0.3) is 0 Å². The summed E-state index contributed by atoms with van der Waals surface area (Å²) in [6.07, 6.45) is 0. The molecule has 0 fully saturated rings. The van der Waals surface area contributed by atoms with Crippen molar-refractivity contribution in [1.82, 2.24) is 0 Å². The Bertz CT molecular complexity index is 417. The van der Waals surface area contributed by atoms with Crippen LogP contribution in [0.5, 0.6) is 0 Å². The van der Waals surface area contributed by atoms with Crippen molar-refractivity contribution < 1.29 is 9.52 Å². The fourth-order valence-corrected chi connectivity index (χ4v) is 1.69. The van der Waals surface area contributed by atoms with Gasteiger partial charge in [-0.05, 0) is 24.6 Å². The van der Waals surface area contributed by atoms with E-state index in [1.165, 1.54) is 0 Å². The highest BCUT2D eigenvalue weighted by Crippen LogP contribution is 2.25. The second kappa shape index (κ2) is 4.32. The smallest absolute Gasteiger partial charge is 0.113 e. The molecule has 0 aliphatic rings. The molecule has 2 heteroatoms. The number of aryl methyl sites for hydroxylation is 1. The van der Waals surface area contributed by atoms with Gasteiger partial charge < -0.3 is 9.52 Å². The van der Waals surface area contributed by atoms with Gasteiger partial charge in [-0.15, -0.1) is 0 Å². The van der Waals surface area contributed by atoms with Crippen LogP contribution in [-0.4, -0.2) is 11.7 Å². The number of rotatable bonds is 3. The third-order valence-electron chi connectivity index (χ3n) is 2.49. The van der Waals surface area contributed by atoms with Gasteiger partial charge in [0.1, 0.15) is 11.5 Å². The minimum Gasteiger partial charge on any atom is -0.466 e. The molecule has 15 heavy (non-hydrogen) atoms. The average Bonchev–Trinajstić information content (AvgIpc) is 2.68. The molecule has 2 nitrogen and oxygen atoms in total. The first-order chi connectivity index (χ1) is 7.31. The minimum atomic E-state index is -0.0556. The molecule has 1 aromatic carbocycles. The zero-order valence-corrected chi connectivity index (χ0v) is 8.68. The number of hydrogen-bond acceptors (Lipinski definition) is 2. The normalized spacial score (nSPS) is 12.7. The minimum absolute atomic E-state index is 0.0556. The molecule has 0 radical (unpaired) electrons. The van der Waals surface area contributed by atoms with E-state index in [0.29, 0.717) is 0 Å². The van der Waals surface area contributed by atoms with Crippen molar-refractivity contribution >= 4 is 0 Å². The predicted molar refractivity (Wildman–Crippen MR) is 58.8 cm³/mol. The first kappa shape index (κ1) is 9.99. The summed E-state index contributed by atoms with van der Waals surface area (Å²) < 4.78 is 5.53. The van der Waals surface area contributed by atoms with E-state index in [9.17, 15) is 5.11 Å². The lowest BCUT2D eigenvalue weighted by Crippen LogP contribution is -2.04. The molecular formula is C13H14O2. The molecule has 0 aliphatic carbocycles. The Labute approximate surface area is 89.2 Å². The lowest BCUT2D eigenvalue weighted by atomic mass is 9.98. The highest BCUT2D eigenvalue weighted by molar-refractivity contribution is 5.27. The van der Waals surface area contributed by atoms with Gasteiger partial charge in [0.2, 0.25) is 0 Å². The zero-order valence-electron chi connectivity index (χ0n) is 8.68. The molecule has 1 heterocycles. The van der Waals surface area contributed by atoms with E-state index in [1.54, 1.807) is 0 Å². The molecule has 1 aromatic heterocycles. The van der Waals surface area contributed by atoms with Crippen LogP contribution >= 0.6 is 0 Å². The van der Waals surface area contributed by atoms with Gasteiger partial charge in [0.15, 0.2) is 0 Å². The Hall–Kier alpha value is -1.54. The highest BCUT2D eigenvalue weighted by atomic mass is 16.3. The van der Waals surface area contributed by atoms with E-state index in [-0.39, 0.29) is 12.5 Å². The molecule has 0 aliphatic heterocycles. The monoisotopic (exact) mass is 202 g/mol. The van der Waals surface area contributed by atoms with Crippen LogP contribution in [0.25, 0.3) is 0 Å². The van der Waals surface area contributed by atoms with Crippen molar-refractivity contribution in [3.63, 3.8) is 0 Å². The van der Waals surface area contributed by atoms with Crippen LogP contribution < -0.4 is 0 Å². The average molecular weight is 202 g/mol. The van der Waals surface area contributed by atoms with Gasteiger partial charge in [-0.3, -0.25) is 0 Å². The van der Waals surface area contributed by atoms with Crippen molar-refractivity contribution in [3.8, 4) is 0 Å². The first-order valence-corrected chi connectivity index (χ1v) is 5.03. The summed E-state index contributed by atoms with van der Waals surface area (Å²) in [5.41, 5.74) is 1.08. The Morgan fingerprint density at radius 1 is 1.13 bits per heavy atom. The molecule has 0 saturated heterocycles. The summed E-state index contributed by atoms with van der Waals surface area (Å²) in [5, 5.41) is 9.38. The van der Waals surface area contributed by atoms with Crippen molar-refractivity contribution in [2.75, 3.05) is 6.61 Å². The maximum atomic E-state index is 9.38. The maximum Gasteiger partial charge on any atom is 0.113 e. The molecule has 1 unspecified atom stereocenters. The summed E-state index contributed by atoms with van der Waals surface area (Å²) in [5.74, 6) is 1.64. The summed E-state index contributed by atoms with van der Waals surface area (Å²) in [6.45, 7) is 1.97. The molecule has 0 spiro atoms. The van der Waals surface area contributed by atoms with Gasteiger partial charge in [-0.1, -0.05) is 30.3 Å². The van der Waals surface area contributed by atoms with Crippen LogP contribution in [0.2, 0.25) is 0 Å². The number of hydrogen-bond donors (Lipinski definition) is 1. The van der Waals surface area contributed by atoms with E-state index in [0.717, 1.165) is 17.1 Å². The Morgan fingerprint density at radius 3 is 2.40 bits per heavy atom. The van der Waals surface area contributed by atoms with E-state index < -0.39 is 0 Å². The molecule has 2 rings (SSSR count). The molecular weight excluding hydrogens is 188 g/mol. The van der Waals surface area contributed by atoms with Gasteiger partial charge in [0, 0.05) is 0 Å². The van der Waals surface area contributed by atoms with Gasteiger partial charge in [-0.25, -0.2) is 0 Å². The quantitative estimate of drug-likeness (QED) is 0.830. The fraction of sp³-hybridized carbons (Fsp3) is 0.231. The lowest BCUT2D eigenvalue weighted by Gasteiger charge is -2.11. The number of aliphatic hydroxyl groups excluding tert-OH is 1. The topological polar surface area (TPSA) is 33.4 Å². The van der Waals surface area contributed by atoms with Crippen molar-refractivity contribution in [2.24, 2.45) is 0 Å². The second-order valence-corrected chi connectivity index (χ2v) is 3.59. The first-order valence-electron chi connectivity index (χ1n) is 5.03. The molecule has 0 saturated carbocycles. The highest BCUT2D eigenvalue weighted by Gasteiger charge is 2.15. The van der Waals surface area contributed by atoms with Crippen molar-refractivity contribution in [1.29, 1.82) is 0 Å². The van der Waals surface area contributed by atoms with E-state index in [1.807, 2.05) is 49.4 Å². The maximum absolute atomic E-state index is 9.38. The largest absolute Gasteiger partial charge is 0.466 e. The van der Waals surface area contributed by atoms with Crippen LogP contribution in [0.4, 0.5) is 0 Å². The van der Waals surface area contributed by atoms with E-state index >= 15 is 0 Å². The molecule has 2 aromatic rings. The van der Waals surface area contributed by atoms with Crippen LogP contribution in [0.3, 0.4) is 0 Å². The lowest BCUT2D eigenvalue weighted by molar-refractivity contribution is 0.265. The van der Waals surface area contributed by atoms with Crippen LogP contribution in [0.15, 0.2) is 46.9 Å². The second-order valence-electron chi connectivity index (χ2n) is 3.59. The summed E-state index contributed by atoms with van der Waals surface area (Å²) in [6, 6.07) is 13.7. The molecule has 0 amide bonds. The number of benzene rings is 1. The Balaban J connectivity index is 2.33. The molecule has 1 N–H and O–H groups in total. The third kappa shape index (κ3) is 2.10. The van der Waals surface area contributed by atoms with E-state index in [2.05, 4.69) is 0 Å². The summed E-state index contributed by atoms with van der Waals surface area (Å²) in [4.78, 5) is 0. The number of aliphatic hydroxyl groups is 1.